The van der Waals surface area contributed by atoms with Crippen molar-refractivity contribution in [2.75, 3.05) is 13.2 Å². The van der Waals surface area contributed by atoms with Crippen LogP contribution in [-0.4, -0.2) is 30.4 Å². The number of carbonyl (C=O) groups excluding carboxylic acids is 2. The Labute approximate surface area is 177 Å². The Morgan fingerprint density at radius 2 is 2.00 bits per heavy atom. The van der Waals surface area contributed by atoms with Gasteiger partial charge in [-0.15, -0.1) is 11.3 Å². The number of ketones is 1. The number of amides is 1. The van der Waals surface area contributed by atoms with Crippen LogP contribution in [0.4, 0.5) is 4.39 Å². The van der Waals surface area contributed by atoms with Crippen molar-refractivity contribution in [3.05, 3.63) is 45.4 Å². The monoisotopic (exact) mass is 437 g/mol. The van der Waals surface area contributed by atoms with Crippen LogP contribution in [-0.2, 0) is 4.79 Å². The molecule has 154 valence electrons. The summed E-state index contributed by atoms with van der Waals surface area (Å²) in [6, 6.07) is 5.88. The zero-order chi connectivity index (χ0) is 20.6. The summed E-state index contributed by atoms with van der Waals surface area (Å²) in [7, 11) is 0. The highest BCUT2D eigenvalue weighted by Gasteiger charge is 2.68. The number of thiophene rings is 1. The average Bonchev–Trinajstić information content (AvgIpc) is 3.08. The lowest BCUT2D eigenvalue weighted by Gasteiger charge is -2.70. The van der Waals surface area contributed by atoms with Crippen LogP contribution in [0.3, 0.4) is 0 Å². The third-order valence-corrected chi connectivity index (χ3v) is 6.77. The molecule has 3 saturated carbocycles. The zero-order valence-electron chi connectivity index (χ0n) is 15.9. The van der Waals surface area contributed by atoms with E-state index < -0.39 is 5.82 Å². The quantitative estimate of drug-likeness (QED) is 0.581. The van der Waals surface area contributed by atoms with E-state index in [-0.39, 0.29) is 40.0 Å². The van der Waals surface area contributed by atoms with Crippen LogP contribution in [0.25, 0.3) is 0 Å². The first-order chi connectivity index (χ1) is 13.8. The number of nitrogens with one attached hydrogen (secondary N) is 1. The predicted molar refractivity (Wildman–Crippen MR) is 108 cm³/mol. The van der Waals surface area contributed by atoms with Crippen molar-refractivity contribution in [3.8, 4) is 11.5 Å². The molecule has 2 bridgehead atoms. The van der Waals surface area contributed by atoms with E-state index in [1.54, 1.807) is 0 Å². The number of ether oxygens (including phenoxy) is 2. The van der Waals surface area contributed by atoms with Gasteiger partial charge in [0.05, 0.1) is 11.6 Å². The Hall–Kier alpha value is -2.12. The van der Waals surface area contributed by atoms with Crippen LogP contribution in [0.2, 0.25) is 5.02 Å². The van der Waals surface area contributed by atoms with E-state index in [0.29, 0.717) is 23.7 Å². The molecule has 3 aliphatic carbocycles. The molecule has 0 spiro atoms. The van der Waals surface area contributed by atoms with Gasteiger partial charge in [0.1, 0.15) is 22.2 Å². The molecule has 1 amide bonds. The summed E-state index contributed by atoms with van der Waals surface area (Å²) in [5.41, 5.74) is -0.248. The van der Waals surface area contributed by atoms with E-state index in [1.165, 1.54) is 23.5 Å². The van der Waals surface area contributed by atoms with E-state index in [9.17, 15) is 14.0 Å². The summed E-state index contributed by atoms with van der Waals surface area (Å²) in [5.74, 6) is 0.178. The van der Waals surface area contributed by atoms with Crippen molar-refractivity contribution in [2.45, 2.75) is 38.1 Å². The molecule has 0 atom stereocenters. The van der Waals surface area contributed by atoms with Crippen molar-refractivity contribution < 1.29 is 23.5 Å². The molecule has 5 nitrogen and oxygen atoms in total. The molecule has 1 aromatic carbocycles. The molecular formula is C21H21ClFNO4S. The van der Waals surface area contributed by atoms with Gasteiger partial charge in [0, 0.05) is 18.0 Å². The number of rotatable bonds is 9. The Kier molecular flexibility index (Phi) is 5.29. The first-order valence-corrected chi connectivity index (χ1v) is 10.7. The van der Waals surface area contributed by atoms with Crippen LogP contribution in [0, 0.1) is 11.2 Å². The van der Waals surface area contributed by atoms with Gasteiger partial charge in [-0.1, -0.05) is 11.6 Å². The SMILES string of the molecule is CCOc1ccsc1C(=O)CC12CC(NC(=O)COc3ccc(Cl)c(F)c3)(C1)C2. The van der Waals surface area contributed by atoms with Crippen molar-refractivity contribution in [1.82, 2.24) is 5.32 Å². The van der Waals surface area contributed by atoms with Gasteiger partial charge in [-0.2, -0.15) is 0 Å². The van der Waals surface area contributed by atoms with Crippen LogP contribution < -0.4 is 14.8 Å². The summed E-state index contributed by atoms with van der Waals surface area (Å²) in [6.07, 6.45) is 2.86. The molecule has 8 heteroatoms. The summed E-state index contributed by atoms with van der Waals surface area (Å²) in [5, 5.41) is 4.88. The second-order valence-corrected chi connectivity index (χ2v) is 9.19. The van der Waals surface area contributed by atoms with E-state index in [1.807, 2.05) is 18.4 Å². The largest absolute Gasteiger partial charge is 0.492 e. The standard InChI is InChI=1S/C21H21ClFNO4S/c1-2-27-17-5-6-29-19(17)16(25)8-20-10-21(11-20,12-20)24-18(26)9-28-13-3-4-14(22)15(23)7-13/h3-7H,2,8-12H2,1H3,(H,24,26). The first-order valence-electron chi connectivity index (χ1n) is 9.46. The maximum Gasteiger partial charge on any atom is 0.258 e. The number of halogens is 2. The topological polar surface area (TPSA) is 64.6 Å². The van der Waals surface area contributed by atoms with E-state index in [0.717, 1.165) is 25.3 Å². The first kappa shape index (κ1) is 20.2. The fourth-order valence-corrected chi connectivity index (χ4v) is 5.45. The Bertz CT molecular complexity index is 940. The summed E-state index contributed by atoms with van der Waals surface area (Å²) in [4.78, 5) is 25.5. The van der Waals surface area contributed by atoms with Gasteiger partial charge in [-0.05, 0) is 55.2 Å². The summed E-state index contributed by atoms with van der Waals surface area (Å²) >= 11 is 7.04. The fourth-order valence-electron chi connectivity index (χ4n) is 4.56. The van der Waals surface area contributed by atoms with Crippen LogP contribution in [0.1, 0.15) is 42.3 Å². The maximum absolute atomic E-state index is 13.4. The molecule has 1 N–H and O–H groups in total. The van der Waals surface area contributed by atoms with Gasteiger partial charge >= 0.3 is 0 Å². The lowest BCUT2D eigenvalue weighted by atomic mass is 9.38. The highest BCUT2D eigenvalue weighted by molar-refractivity contribution is 7.12. The normalized spacial score (nSPS) is 24.2. The molecule has 3 fully saturated rings. The van der Waals surface area contributed by atoms with Gasteiger partial charge in [-0.25, -0.2) is 4.39 Å². The number of benzene rings is 1. The molecule has 1 aromatic heterocycles. The van der Waals surface area contributed by atoms with Gasteiger partial charge in [0.15, 0.2) is 12.4 Å². The molecule has 0 radical (unpaired) electrons. The summed E-state index contributed by atoms with van der Waals surface area (Å²) in [6.45, 7) is 2.23. The third-order valence-electron chi connectivity index (χ3n) is 5.52. The highest BCUT2D eigenvalue weighted by atomic mass is 35.5. The molecule has 5 rings (SSSR count). The molecule has 0 unspecified atom stereocenters. The van der Waals surface area contributed by atoms with Crippen molar-refractivity contribution in [1.29, 1.82) is 0 Å². The van der Waals surface area contributed by atoms with Gasteiger partial charge in [0.25, 0.3) is 5.91 Å². The molecule has 3 aliphatic rings. The lowest BCUT2D eigenvalue weighted by Crippen LogP contribution is -2.75. The number of carbonyl (C=O) groups is 2. The highest BCUT2D eigenvalue weighted by Crippen LogP contribution is 2.69. The zero-order valence-corrected chi connectivity index (χ0v) is 17.5. The second-order valence-electron chi connectivity index (χ2n) is 7.87. The Morgan fingerprint density at radius 3 is 2.69 bits per heavy atom. The van der Waals surface area contributed by atoms with Crippen molar-refractivity contribution >= 4 is 34.6 Å². The van der Waals surface area contributed by atoms with Crippen molar-refractivity contribution in [3.63, 3.8) is 0 Å². The number of hydrogen-bond donors (Lipinski definition) is 1. The van der Waals surface area contributed by atoms with Gasteiger partial charge < -0.3 is 14.8 Å². The second kappa shape index (κ2) is 7.61. The molecule has 2 aromatic rings. The van der Waals surface area contributed by atoms with E-state index >= 15 is 0 Å². The minimum atomic E-state index is -0.589. The maximum atomic E-state index is 13.4. The molecule has 29 heavy (non-hydrogen) atoms. The van der Waals surface area contributed by atoms with Crippen molar-refractivity contribution in [2.24, 2.45) is 5.41 Å². The molecular weight excluding hydrogens is 417 g/mol. The summed E-state index contributed by atoms with van der Waals surface area (Å²) < 4.78 is 24.3. The predicted octanol–water partition coefficient (Wildman–Crippen LogP) is 4.63. The van der Waals surface area contributed by atoms with Crippen LogP contribution in [0.15, 0.2) is 29.6 Å². The number of Topliss-reactive ketones (excluding diaryl/α,β-unsaturated/α-hetero) is 1. The van der Waals surface area contributed by atoms with E-state index in [2.05, 4.69) is 5.32 Å². The van der Waals surface area contributed by atoms with Crippen LogP contribution >= 0.6 is 22.9 Å². The van der Waals surface area contributed by atoms with Gasteiger partial charge in [0.2, 0.25) is 0 Å². The fraction of sp³-hybridized carbons (Fsp3) is 0.429. The van der Waals surface area contributed by atoms with Gasteiger partial charge in [-0.3, -0.25) is 9.59 Å². The van der Waals surface area contributed by atoms with Crippen LogP contribution in [0.5, 0.6) is 11.5 Å². The minimum absolute atomic E-state index is 0.00596. The number of hydrogen-bond acceptors (Lipinski definition) is 5. The molecule has 0 saturated heterocycles. The Balaban J connectivity index is 1.24. The molecule has 1 heterocycles. The smallest absolute Gasteiger partial charge is 0.258 e. The molecule has 0 aliphatic heterocycles. The minimum Gasteiger partial charge on any atom is -0.492 e. The third kappa shape index (κ3) is 3.98. The lowest BCUT2D eigenvalue weighted by molar-refractivity contribution is -0.164. The average molecular weight is 438 g/mol. The Morgan fingerprint density at radius 1 is 1.24 bits per heavy atom. The van der Waals surface area contributed by atoms with E-state index in [4.69, 9.17) is 21.1 Å².